The topological polar surface area (TPSA) is 39.1 Å². The molecule has 98 valence electrons. The van der Waals surface area contributed by atoms with E-state index >= 15 is 0 Å². The lowest BCUT2D eigenvalue weighted by Gasteiger charge is -2.34. The van der Waals surface area contributed by atoms with Gasteiger partial charge in [0.1, 0.15) is 5.54 Å². The van der Waals surface area contributed by atoms with Crippen molar-refractivity contribution < 1.29 is 0 Å². The van der Waals surface area contributed by atoms with Crippen molar-refractivity contribution in [3.05, 3.63) is 0 Å². The average Bonchev–Trinajstić information content (AvgIpc) is 2.32. The second-order valence-electron chi connectivity index (χ2n) is 5.46. The molecule has 3 heteroatoms. The summed E-state index contributed by atoms with van der Waals surface area (Å²) in [4.78, 5) is 2.58. The van der Waals surface area contributed by atoms with Crippen LogP contribution in [0.1, 0.15) is 52.9 Å². The molecule has 3 nitrogen and oxygen atoms in total. The Bertz CT molecular complexity index is 259. The lowest BCUT2D eigenvalue weighted by molar-refractivity contribution is 0.154. The van der Waals surface area contributed by atoms with Crippen LogP contribution in [0.2, 0.25) is 0 Å². The van der Waals surface area contributed by atoms with Crippen LogP contribution in [0.15, 0.2) is 0 Å². The second kappa shape index (κ2) is 6.98. The van der Waals surface area contributed by atoms with E-state index in [4.69, 9.17) is 0 Å². The van der Waals surface area contributed by atoms with E-state index in [2.05, 4.69) is 30.1 Å². The number of likely N-dealkylation sites (tertiary alicyclic amines) is 1. The van der Waals surface area contributed by atoms with Crippen LogP contribution < -0.4 is 5.32 Å². The van der Waals surface area contributed by atoms with Gasteiger partial charge in [-0.25, -0.2) is 0 Å². The van der Waals surface area contributed by atoms with E-state index in [0.29, 0.717) is 0 Å². The van der Waals surface area contributed by atoms with Crippen molar-refractivity contribution in [2.24, 2.45) is 0 Å². The Hall–Kier alpha value is -0.590. The zero-order chi connectivity index (χ0) is 12.7. The standard InChI is InChI=1S/C14H27N3/c1-4-16-14(3,12-15)9-7-11-17-10-6-5-8-13(17)2/h13,16H,4-11H2,1-3H3. The zero-order valence-corrected chi connectivity index (χ0v) is 11.6. The van der Waals surface area contributed by atoms with Crippen molar-refractivity contribution >= 4 is 0 Å². The number of nitriles is 1. The van der Waals surface area contributed by atoms with Crippen LogP contribution in [0.5, 0.6) is 0 Å². The summed E-state index contributed by atoms with van der Waals surface area (Å²) in [5, 5.41) is 12.5. The van der Waals surface area contributed by atoms with E-state index in [-0.39, 0.29) is 5.54 Å². The van der Waals surface area contributed by atoms with Gasteiger partial charge in [0.2, 0.25) is 0 Å². The molecule has 1 fully saturated rings. The molecule has 0 saturated carbocycles. The molecule has 0 aromatic heterocycles. The molecule has 0 aromatic rings. The first-order chi connectivity index (χ1) is 8.11. The van der Waals surface area contributed by atoms with E-state index in [0.717, 1.165) is 32.0 Å². The SMILES string of the molecule is CCNC(C)(C#N)CCCN1CCCCC1C. The Balaban J connectivity index is 2.28. The molecule has 0 bridgehead atoms. The molecule has 1 N–H and O–H groups in total. The fourth-order valence-corrected chi connectivity index (χ4v) is 2.70. The molecule has 0 aliphatic carbocycles. The van der Waals surface area contributed by atoms with Crippen molar-refractivity contribution in [2.75, 3.05) is 19.6 Å². The second-order valence-corrected chi connectivity index (χ2v) is 5.46. The summed E-state index contributed by atoms with van der Waals surface area (Å²) < 4.78 is 0. The molecule has 2 unspecified atom stereocenters. The van der Waals surface area contributed by atoms with Gasteiger partial charge in [-0.1, -0.05) is 13.3 Å². The molecular weight excluding hydrogens is 210 g/mol. The van der Waals surface area contributed by atoms with Crippen LogP contribution in [0.25, 0.3) is 0 Å². The van der Waals surface area contributed by atoms with Crippen LogP contribution in [0, 0.1) is 11.3 Å². The van der Waals surface area contributed by atoms with Gasteiger partial charge in [-0.15, -0.1) is 0 Å². The highest BCUT2D eigenvalue weighted by atomic mass is 15.2. The smallest absolute Gasteiger partial charge is 0.103 e. The van der Waals surface area contributed by atoms with Gasteiger partial charge in [-0.05, 0) is 59.2 Å². The monoisotopic (exact) mass is 237 g/mol. The highest BCUT2D eigenvalue weighted by Crippen LogP contribution is 2.18. The van der Waals surface area contributed by atoms with Gasteiger partial charge in [0, 0.05) is 6.04 Å². The highest BCUT2D eigenvalue weighted by Gasteiger charge is 2.23. The Labute approximate surface area is 106 Å². The number of hydrogen-bond donors (Lipinski definition) is 1. The molecule has 0 radical (unpaired) electrons. The summed E-state index contributed by atoms with van der Waals surface area (Å²) in [6.45, 7) is 9.64. The van der Waals surface area contributed by atoms with E-state index in [1.807, 2.05) is 6.92 Å². The maximum atomic E-state index is 9.18. The summed E-state index contributed by atoms with van der Waals surface area (Å²) in [7, 11) is 0. The molecule has 1 heterocycles. The number of nitrogens with zero attached hydrogens (tertiary/aromatic N) is 2. The van der Waals surface area contributed by atoms with Crippen molar-refractivity contribution in [1.82, 2.24) is 10.2 Å². The highest BCUT2D eigenvalue weighted by molar-refractivity contribution is 5.03. The Morgan fingerprint density at radius 2 is 2.24 bits per heavy atom. The third-order valence-corrected chi connectivity index (χ3v) is 3.88. The van der Waals surface area contributed by atoms with E-state index in [1.54, 1.807) is 0 Å². The molecule has 0 amide bonds. The predicted octanol–water partition coefficient (Wildman–Crippen LogP) is 2.53. The molecule has 17 heavy (non-hydrogen) atoms. The maximum absolute atomic E-state index is 9.18. The average molecular weight is 237 g/mol. The maximum Gasteiger partial charge on any atom is 0.103 e. The zero-order valence-electron chi connectivity index (χ0n) is 11.6. The lowest BCUT2D eigenvalue weighted by atomic mass is 9.96. The molecule has 2 atom stereocenters. The van der Waals surface area contributed by atoms with Gasteiger partial charge >= 0.3 is 0 Å². The fraction of sp³-hybridized carbons (Fsp3) is 0.929. The quantitative estimate of drug-likeness (QED) is 0.771. The van der Waals surface area contributed by atoms with Crippen LogP contribution in [0.3, 0.4) is 0 Å². The summed E-state index contributed by atoms with van der Waals surface area (Å²) in [5.41, 5.74) is -0.340. The van der Waals surface area contributed by atoms with Gasteiger partial charge in [0.15, 0.2) is 0 Å². The van der Waals surface area contributed by atoms with Gasteiger partial charge in [-0.2, -0.15) is 5.26 Å². The Morgan fingerprint density at radius 3 is 2.82 bits per heavy atom. The largest absolute Gasteiger partial charge is 0.301 e. The van der Waals surface area contributed by atoms with Crippen molar-refractivity contribution in [2.45, 2.75) is 64.5 Å². The number of rotatable bonds is 6. The fourth-order valence-electron chi connectivity index (χ4n) is 2.70. The molecule has 0 aromatic carbocycles. The lowest BCUT2D eigenvalue weighted by Crippen LogP contribution is -2.42. The molecule has 1 rings (SSSR count). The van der Waals surface area contributed by atoms with Gasteiger partial charge in [0.25, 0.3) is 0 Å². The Morgan fingerprint density at radius 1 is 1.47 bits per heavy atom. The predicted molar refractivity (Wildman–Crippen MR) is 71.8 cm³/mol. The molecular formula is C14H27N3. The van der Waals surface area contributed by atoms with Crippen LogP contribution in [-0.4, -0.2) is 36.1 Å². The normalized spacial score (nSPS) is 25.2. The van der Waals surface area contributed by atoms with Crippen LogP contribution in [-0.2, 0) is 0 Å². The van der Waals surface area contributed by atoms with E-state index in [9.17, 15) is 5.26 Å². The van der Waals surface area contributed by atoms with Crippen LogP contribution in [0.4, 0.5) is 0 Å². The van der Waals surface area contributed by atoms with Gasteiger partial charge in [-0.3, -0.25) is 5.32 Å². The van der Waals surface area contributed by atoms with E-state index in [1.165, 1.54) is 25.8 Å². The minimum absolute atomic E-state index is 0.340. The van der Waals surface area contributed by atoms with Crippen molar-refractivity contribution in [1.29, 1.82) is 5.26 Å². The third kappa shape index (κ3) is 4.65. The first-order valence-corrected chi connectivity index (χ1v) is 7.01. The first kappa shape index (κ1) is 14.5. The van der Waals surface area contributed by atoms with Crippen molar-refractivity contribution in [3.63, 3.8) is 0 Å². The summed E-state index contributed by atoms with van der Waals surface area (Å²) in [6.07, 6.45) is 6.11. The number of nitrogens with one attached hydrogen (secondary N) is 1. The summed E-state index contributed by atoms with van der Waals surface area (Å²) in [5.74, 6) is 0. The van der Waals surface area contributed by atoms with E-state index < -0.39 is 0 Å². The minimum Gasteiger partial charge on any atom is -0.301 e. The van der Waals surface area contributed by atoms with Gasteiger partial charge < -0.3 is 4.90 Å². The summed E-state index contributed by atoms with van der Waals surface area (Å²) >= 11 is 0. The third-order valence-electron chi connectivity index (χ3n) is 3.88. The van der Waals surface area contributed by atoms with Gasteiger partial charge in [0.05, 0.1) is 6.07 Å². The molecule has 1 saturated heterocycles. The Kier molecular flexibility index (Phi) is 5.94. The number of piperidine rings is 1. The molecule has 1 aliphatic heterocycles. The minimum atomic E-state index is -0.340. The molecule has 1 aliphatic rings. The van der Waals surface area contributed by atoms with Crippen LogP contribution >= 0.6 is 0 Å². The summed E-state index contributed by atoms with van der Waals surface area (Å²) in [6, 6.07) is 3.13. The molecule has 0 spiro atoms. The number of hydrogen-bond acceptors (Lipinski definition) is 3. The van der Waals surface area contributed by atoms with Crippen molar-refractivity contribution in [3.8, 4) is 6.07 Å². The first-order valence-electron chi connectivity index (χ1n) is 7.01.